The molecule has 1 amide bonds. The number of halogens is 1. The van der Waals surface area contributed by atoms with Gasteiger partial charge in [-0.05, 0) is 13.0 Å². The number of ether oxygens (including phenoxy) is 1. The SMILES string of the molecule is C[C@@H]1COCCN1c1nc(-c2cncc3[nH]ccc23)nc2c(NC(=O)[C@@H]3C[C@H](F)CN3)csc12. The summed E-state index contributed by atoms with van der Waals surface area (Å²) < 4.78 is 20.2. The fraction of sp³-hybridized carbons (Fsp3) is 0.391. The molecule has 176 valence electrons. The van der Waals surface area contributed by atoms with Gasteiger partial charge in [0.1, 0.15) is 11.7 Å². The average molecular weight is 482 g/mol. The molecule has 0 aliphatic carbocycles. The maximum Gasteiger partial charge on any atom is 0.241 e. The van der Waals surface area contributed by atoms with Gasteiger partial charge in [0.2, 0.25) is 5.91 Å². The number of nitrogens with one attached hydrogen (secondary N) is 3. The molecular formula is C23H24FN7O2S. The van der Waals surface area contributed by atoms with E-state index in [0.717, 1.165) is 27.0 Å². The first-order valence-electron chi connectivity index (χ1n) is 11.3. The molecule has 0 bridgehead atoms. The maximum atomic E-state index is 13.6. The summed E-state index contributed by atoms with van der Waals surface area (Å²) in [4.78, 5) is 32.5. The van der Waals surface area contributed by atoms with E-state index in [9.17, 15) is 9.18 Å². The monoisotopic (exact) mass is 481 g/mol. The van der Waals surface area contributed by atoms with Crippen LogP contribution in [0.25, 0.3) is 32.5 Å². The Hall–Kier alpha value is -3.15. The number of hydrogen-bond acceptors (Lipinski definition) is 8. The number of pyridine rings is 1. The number of amides is 1. The Kier molecular flexibility index (Phi) is 5.39. The van der Waals surface area contributed by atoms with Crippen molar-refractivity contribution in [3.8, 4) is 11.4 Å². The Morgan fingerprint density at radius 3 is 3.09 bits per heavy atom. The Balaban J connectivity index is 1.47. The minimum absolute atomic E-state index is 0.144. The van der Waals surface area contributed by atoms with Gasteiger partial charge in [0.25, 0.3) is 0 Å². The molecule has 4 aromatic heterocycles. The summed E-state index contributed by atoms with van der Waals surface area (Å²) >= 11 is 1.49. The van der Waals surface area contributed by atoms with Crippen LogP contribution >= 0.6 is 11.3 Å². The van der Waals surface area contributed by atoms with Gasteiger partial charge in [-0.3, -0.25) is 9.78 Å². The number of hydrogen-bond donors (Lipinski definition) is 3. The number of thiophene rings is 1. The first-order chi connectivity index (χ1) is 16.6. The highest BCUT2D eigenvalue weighted by Gasteiger charge is 2.31. The van der Waals surface area contributed by atoms with E-state index >= 15 is 0 Å². The number of anilines is 2. The van der Waals surface area contributed by atoms with Gasteiger partial charge in [-0.2, -0.15) is 0 Å². The molecule has 0 aromatic carbocycles. The van der Waals surface area contributed by atoms with Gasteiger partial charge in [-0.25, -0.2) is 14.4 Å². The fourth-order valence-electron chi connectivity index (χ4n) is 4.62. The molecule has 6 rings (SSSR count). The molecule has 34 heavy (non-hydrogen) atoms. The lowest BCUT2D eigenvalue weighted by Crippen LogP contribution is -2.44. The van der Waals surface area contributed by atoms with E-state index in [1.54, 1.807) is 12.4 Å². The Bertz CT molecular complexity index is 1370. The zero-order valence-corrected chi connectivity index (χ0v) is 19.4. The lowest BCUT2D eigenvalue weighted by molar-refractivity contribution is -0.117. The molecule has 0 saturated carbocycles. The summed E-state index contributed by atoms with van der Waals surface area (Å²) in [6.45, 7) is 4.25. The molecule has 6 heterocycles. The second kappa shape index (κ2) is 8.57. The maximum absolute atomic E-state index is 13.6. The van der Waals surface area contributed by atoms with E-state index in [2.05, 4.69) is 32.4 Å². The van der Waals surface area contributed by atoms with Crippen molar-refractivity contribution in [1.82, 2.24) is 25.3 Å². The van der Waals surface area contributed by atoms with E-state index in [-0.39, 0.29) is 24.9 Å². The molecule has 4 aromatic rings. The van der Waals surface area contributed by atoms with Crippen molar-refractivity contribution in [2.24, 2.45) is 0 Å². The van der Waals surface area contributed by atoms with E-state index in [1.165, 1.54) is 11.3 Å². The van der Waals surface area contributed by atoms with Gasteiger partial charge < -0.3 is 25.3 Å². The van der Waals surface area contributed by atoms with Crippen molar-refractivity contribution in [2.45, 2.75) is 31.6 Å². The van der Waals surface area contributed by atoms with Crippen molar-refractivity contribution in [3.05, 3.63) is 30.0 Å². The van der Waals surface area contributed by atoms with Crippen LogP contribution in [0.5, 0.6) is 0 Å². The highest BCUT2D eigenvalue weighted by Crippen LogP contribution is 2.39. The van der Waals surface area contributed by atoms with Crippen molar-refractivity contribution < 1.29 is 13.9 Å². The number of aromatic amines is 1. The number of rotatable bonds is 4. The van der Waals surface area contributed by atoms with Gasteiger partial charge in [0.05, 0.1) is 47.4 Å². The highest BCUT2D eigenvalue weighted by molar-refractivity contribution is 7.18. The van der Waals surface area contributed by atoms with Gasteiger partial charge in [-0.15, -0.1) is 11.3 Å². The van der Waals surface area contributed by atoms with Crippen molar-refractivity contribution >= 4 is 49.9 Å². The van der Waals surface area contributed by atoms with E-state index in [0.29, 0.717) is 36.8 Å². The predicted octanol–water partition coefficient (Wildman–Crippen LogP) is 3.10. The van der Waals surface area contributed by atoms with Crippen LogP contribution in [0.4, 0.5) is 15.9 Å². The van der Waals surface area contributed by atoms with Crippen molar-refractivity contribution in [3.63, 3.8) is 0 Å². The zero-order valence-electron chi connectivity index (χ0n) is 18.5. The van der Waals surface area contributed by atoms with Crippen LogP contribution in [0.15, 0.2) is 30.0 Å². The molecule has 3 N–H and O–H groups in total. The van der Waals surface area contributed by atoms with Gasteiger partial charge >= 0.3 is 0 Å². The quantitative estimate of drug-likeness (QED) is 0.411. The molecule has 2 fully saturated rings. The number of fused-ring (bicyclic) bond motifs is 2. The molecule has 2 saturated heterocycles. The van der Waals surface area contributed by atoms with Crippen LogP contribution in [0.3, 0.4) is 0 Å². The van der Waals surface area contributed by atoms with E-state index in [4.69, 9.17) is 14.7 Å². The fourth-order valence-corrected chi connectivity index (χ4v) is 5.56. The van der Waals surface area contributed by atoms with Crippen molar-refractivity contribution in [2.75, 3.05) is 36.5 Å². The van der Waals surface area contributed by atoms with Gasteiger partial charge in [0, 0.05) is 48.2 Å². The van der Waals surface area contributed by atoms with E-state index in [1.807, 2.05) is 17.6 Å². The van der Waals surface area contributed by atoms with Crippen LogP contribution in [-0.4, -0.2) is 70.4 Å². The number of carbonyl (C=O) groups is 1. The minimum Gasteiger partial charge on any atom is -0.377 e. The Morgan fingerprint density at radius 2 is 2.26 bits per heavy atom. The topological polar surface area (TPSA) is 108 Å². The number of H-pyrrole nitrogens is 1. The number of aromatic nitrogens is 4. The second-order valence-corrected chi connectivity index (χ2v) is 9.60. The third kappa shape index (κ3) is 3.69. The smallest absolute Gasteiger partial charge is 0.241 e. The average Bonchev–Trinajstić information content (AvgIpc) is 3.59. The van der Waals surface area contributed by atoms with Crippen LogP contribution in [-0.2, 0) is 9.53 Å². The molecular weight excluding hydrogens is 457 g/mol. The van der Waals surface area contributed by atoms with Gasteiger partial charge in [-0.1, -0.05) is 0 Å². The summed E-state index contributed by atoms with van der Waals surface area (Å²) in [5, 5.41) is 8.76. The molecule has 11 heteroatoms. The molecule has 2 aliphatic heterocycles. The van der Waals surface area contributed by atoms with E-state index < -0.39 is 12.2 Å². The van der Waals surface area contributed by atoms with Gasteiger partial charge in [0.15, 0.2) is 11.6 Å². The zero-order chi connectivity index (χ0) is 23.2. The summed E-state index contributed by atoms with van der Waals surface area (Å²) in [5.41, 5.74) is 2.98. The molecule has 9 nitrogen and oxygen atoms in total. The standard InChI is InChI=1S/C23H24FN7O2S/c1-12-10-33-5-4-31(12)22-20-19(18(11-34-20)28-23(32)16-6-13(24)7-27-16)29-21(30-22)15-8-25-9-17-14(15)2-3-26-17/h2-3,8-9,11-13,16,26-27H,4-7,10H2,1H3,(H,28,32)/t12-,13+,16+/m1/s1. The Labute approximate surface area is 198 Å². The highest BCUT2D eigenvalue weighted by atomic mass is 32.1. The van der Waals surface area contributed by atoms with Crippen LogP contribution in [0, 0.1) is 0 Å². The van der Waals surface area contributed by atoms with Crippen molar-refractivity contribution in [1.29, 1.82) is 0 Å². The molecule has 2 aliphatic rings. The largest absolute Gasteiger partial charge is 0.377 e. The summed E-state index contributed by atoms with van der Waals surface area (Å²) in [6, 6.07) is 1.57. The lowest BCUT2D eigenvalue weighted by atomic mass is 10.1. The summed E-state index contributed by atoms with van der Waals surface area (Å²) in [5.74, 6) is 1.10. The lowest BCUT2D eigenvalue weighted by Gasteiger charge is -2.34. The summed E-state index contributed by atoms with van der Waals surface area (Å²) in [7, 11) is 0. The molecule has 0 radical (unpaired) electrons. The first kappa shape index (κ1) is 21.4. The minimum atomic E-state index is -1.01. The van der Waals surface area contributed by atoms with Crippen LogP contribution in [0.1, 0.15) is 13.3 Å². The second-order valence-electron chi connectivity index (χ2n) is 8.72. The number of alkyl halides is 1. The third-order valence-corrected chi connectivity index (χ3v) is 7.37. The van der Waals surface area contributed by atoms with Crippen LogP contribution in [0.2, 0.25) is 0 Å². The third-order valence-electron chi connectivity index (χ3n) is 6.41. The summed E-state index contributed by atoms with van der Waals surface area (Å²) in [6.07, 6.45) is 4.56. The number of carbonyl (C=O) groups excluding carboxylic acids is 1. The first-order valence-corrected chi connectivity index (χ1v) is 12.2. The Morgan fingerprint density at radius 1 is 1.35 bits per heavy atom. The molecule has 3 atom stereocenters. The molecule has 0 unspecified atom stereocenters. The predicted molar refractivity (Wildman–Crippen MR) is 130 cm³/mol. The van der Waals surface area contributed by atoms with Crippen LogP contribution < -0.4 is 15.5 Å². The molecule has 0 spiro atoms. The normalized spacial score (nSPS) is 23.1. The number of morpholine rings is 1. The number of nitrogens with zero attached hydrogens (tertiary/aromatic N) is 4.